The van der Waals surface area contributed by atoms with E-state index in [-0.39, 0.29) is 24.2 Å². The number of ether oxygens (including phenoxy) is 1. The zero-order valence-corrected chi connectivity index (χ0v) is 17.5. The van der Waals surface area contributed by atoms with Crippen LogP contribution in [0.1, 0.15) is 19.4 Å². The first-order valence-corrected chi connectivity index (χ1v) is 10.2. The Morgan fingerprint density at radius 2 is 1.77 bits per heavy atom. The average Bonchev–Trinajstić information content (AvgIpc) is 3.05. The highest BCUT2D eigenvalue weighted by molar-refractivity contribution is 5.80. The summed E-state index contributed by atoms with van der Waals surface area (Å²) >= 11 is 0. The van der Waals surface area contributed by atoms with Crippen molar-refractivity contribution in [3.05, 3.63) is 89.0 Å². The normalized spacial score (nSPS) is 11.1. The highest BCUT2D eigenvalue weighted by Crippen LogP contribution is 2.16. The van der Waals surface area contributed by atoms with E-state index in [9.17, 15) is 9.59 Å². The van der Waals surface area contributed by atoms with Gasteiger partial charge in [0.1, 0.15) is 12.3 Å². The van der Waals surface area contributed by atoms with Gasteiger partial charge in [0.05, 0.1) is 17.3 Å². The number of aromatic nitrogens is 3. The molecule has 7 heteroatoms. The van der Waals surface area contributed by atoms with Crippen LogP contribution in [-0.4, -0.2) is 26.1 Å². The summed E-state index contributed by atoms with van der Waals surface area (Å²) in [6.07, 6.45) is 1.74. The first-order chi connectivity index (χ1) is 15.0. The monoisotopic (exact) mass is 416 g/mol. The van der Waals surface area contributed by atoms with Gasteiger partial charge in [-0.2, -0.15) is 0 Å². The molecule has 0 aliphatic carbocycles. The summed E-state index contributed by atoms with van der Waals surface area (Å²) in [5.41, 5.74) is 2.49. The van der Waals surface area contributed by atoms with Gasteiger partial charge in [0.2, 0.25) is 5.91 Å². The van der Waals surface area contributed by atoms with Crippen LogP contribution in [0.25, 0.3) is 16.9 Å². The number of pyridine rings is 1. The third kappa shape index (κ3) is 4.50. The number of carbonyl (C=O) groups is 1. The molecule has 4 rings (SSSR count). The van der Waals surface area contributed by atoms with E-state index in [1.165, 1.54) is 9.13 Å². The lowest BCUT2D eigenvalue weighted by atomic mass is 10.2. The van der Waals surface area contributed by atoms with Gasteiger partial charge in [-0.1, -0.05) is 30.3 Å². The molecule has 0 aliphatic heterocycles. The van der Waals surface area contributed by atoms with Crippen molar-refractivity contribution >= 4 is 17.1 Å². The predicted octanol–water partition coefficient (Wildman–Crippen LogP) is 3.29. The standard InChI is InChI=1S/C24H24N4O3/c1-17(2)31-20-12-10-18(11-13-20)15-26-22(29)16-27-21-9-6-14-25-23(21)28(24(27)30)19-7-4-3-5-8-19/h3-14,17H,15-16H2,1-2H3,(H,26,29). The first kappa shape index (κ1) is 20.4. The van der Waals surface area contributed by atoms with Gasteiger partial charge < -0.3 is 10.1 Å². The molecule has 2 heterocycles. The summed E-state index contributed by atoms with van der Waals surface area (Å²) in [6.45, 7) is 4.22. The number of benzene rings is 2. The second kappa shape index (κ2) is 8.87. The van der Waals surface area contributed by atoms with Gasteiger partial charge in [-0.25, -0.2) is 14.3 Å². The molecule has 0 fully saturated rings. The summed E-state index contributed by atoms with van der Waals surface area (Å²) in [6, 6.07) is 20.4. The molecule has 0 saturated heterocycles. The Balaban J connectivity index is 1.52. The fourth-order valence-corrected chi connectivity index (χ4v) is 3.41. The maximum absolute atomic E-state index is 13.1. The van der Waals surface area contributed by atoms with E-state index in [4.69, 9.17) is 4.74 Å². The SMILES string of the molecule is CC(C)Oc1ccc(CNC(=O)Cn2c(=O)n(-c3ccccc3)c3ncccc32)cc1. The number of rotatable bonds is 7. The molecule has 0 bridgehead atoms. The lowest BCUT2D eigenvalue weighted by Crippen LogP contribution is -2.32. The van der Waals surface area contributed by atoms with Crippen molar-refractivity contribution in [1.29, 1.82) is 0 Å². The molecule has 0 spiro atoms. The van der Waals surface area contributed by atoms with Gasteiger partial charge >= 0.3 is 5.69 Å². The molecular formula is C24H24N4O3. The first-order valence-electron chi connectivity index (χ1n) is 10.2. The molecule has 2 aromatic carbocycles. The van der Waals surface area contributed by atoms with E-state index in [0.717, 1.165) is 11.3 Å². The fourth-order valence-electron chi connectivity index (χ4n) is 3.41. The zero-order valence-electron chi connectivity index (χ0n) is 17.5. The minimum Gasteiger partial charge on any atom is -0.491 e. The molecule has 2 aromatic heterocycles. The molecule has 31 heavy (non-hydrogen) atoms. The van der Waals surface area contributed by atoms with Crippen molar-refractivity contribution in [2.45, 2.75) is 33.0 Å². The number of imidazole rings is 1. The topological polar surface area (TPSA) is 78.1 Å². The summed E-state index contributed by atoms with van der Waals surface area (Å²) in [5, 5.41) is 2.88. The van der Waals surface area contributed by atoms with Gasteiger partial charge in [-0.05, 0) is 55.8 Å². The van der Waals surface area contributed by atoms with Crippen LogP contribution in [0, 0.1) is 0 Å². The minimum absolute atomic E-state index is 0.0879. The molecule has 0 atom stereocenters. The lowest BCUT2D eigenvalue weighted by molar-refractivity contribution is -0.121. The molecule has 0 radical (unpaired) electrons. The average molecular weight is 416 g/mol. The highest BCUT2D eigenvalue weighted by Gasteiger charge is 2.17. The van der Waals surface area contributed by atoms with E-state index in [0.29, 0.717) is 23.4 Å². The Morgan fingerprint density at radius 1 is 1.03 bits per heavy atom. The summed E-state index contributed by atoms with van der Waals surface area (Å²) in [4.78, 5) is 30.1. The van der Waals surface area contributed by atoms with E-state index >= 15 is 0 Å². The van der Waals surface area contributed by atoms with Crippen LogP contribution >= 0.6 is 0 Å². The molecule has 1 amide bonds. The zero-order chi connectivity index (χ0) is 21.8. The fraction of sp³-hybridized carbons (Fsp3) is 0.208. The van der Waals surface area contributed by atoms with Crippen LogP contribution in [0.15, 0.2) is 77.7 Å². The Kier molecular flexibility index (Phi) is 5.84. The molecule has 1 N–H and O–H groups in total. The van der Waals surface area contributed by atoms with Gasteiger partial charge in [-0.3, -0.25) is 9.36 Å². The van der Waals surface area contributed by atoms with Crippen LogP contribution in [0.4, 0.5) is 0 Å². The van der Waals surface area contributed by atoms with E-state index in [1.54, 1.807) is 18.3 Å². The Labute approximate surface area is 179 Å². The smallest absolute Gasteiger partial charge is 0.335 e. The third-order valence-corrected chi connectivity index (χ3v) is 4.79. The number of amides is 1. The van der Waals surface area contributed by atoms with Crippen LogP contribution in [-0.2, 0) is 17.9 Å². The number of hydrogen-bond acceptors (Lipinski definition) is 4. The number of nitrogens with zero attached hydrogens (tertiary/aromatic N) is 3. The third-order valence-electron chi connectivity index (χ3n) is 4.79. The molecular weight excluding hydrogens is 392 g/mol. The summed E-state index contributed by atoms with van der Waals surface area (Å²) < 4.78 is 8.61. The van der Waals surface area contributed by atoms with Crippen molar-refractivity contribution in [2.24, 2.45) is 0 Å². The number of nitrogens with one attached hydrogen (secondary N) is 1. The molecule has 158 valence electrons. The van der Waals surface area contributed by atoms with E-state index < -0.39 is 0 Å². The predicted molar refractivity (Wildman–Crippen MR) is 119 cm³/mol. The number of fused-ring (bicyclic) bond motifs is 1. The van der Waals surface area contributed by atoms with Crippen LogP contribution < -0.4 is 15.7 Å². The van der Waals surface area contributed by atoms with Crippen LogP contribution in [0.3, 0.4) is 0 Å². The maximum Gasteiger partial charge on any atom is 0.335 e. The van der Waals surface area contributed by atoms with Crippen LogP contribution in [0.5, 0.6) is 5.75 Å². The number of hydrogen-bond donors (Lipinski definition) is 1. The second-order valence-corrected chi connectivity index (χ2v) is 7.47. The van der Waals surface area contributed by atoms with Crippen molar-refractivity contribution in [1.82, 2.24) is 19.4 Å². The quantitative estimate of drug-likeness (QED) is 0.502. The minimum atomic E-state index is -0.301. The molecule has 7 nitrogen and oxygen atoms in total. The Hall–Kier alpha value is -3.87. The van der Waals surface area contributed by atoms with Gasteiger partial charge in [-0.15, -0.1) is 0 Å². The van der Waals surface area contributed by atoms with Crippen molar-refractivity contribution in [2.75, 3.05) is 0 Å². The largest absolute Gasteiger partial charge is 0.491 e. The molecule has 0 unspecified atom stereocenters. The van der Waals surface area contributed by atoms with Crippen molar-refractivity contribution in [3.63, 3.8) is 0 Å². The highest BCUT2D eigenvalue weighted by atomic mass is 16.5. The van der Waals surface area contributed by atoms with E-state index in [1.807, 2.05) is 68.4 Å². The van der Waals surface area contributed by atoms with Gasteiger partial charge in [0, 0.05) is 12.7 Å². The molecule has 4 aromatic rings. The summed E-state index contributed by atoms with van der Waals surface area (Å²) in [7, 11) is 0. The lowest BCUT2D eigenvalue weighted by Gasteiger charge is -2.10. The van der Waals surface area contributed by atoms with Crippen molar-refractivity contribution in [3.8, 4) is 11.4 Å². The van der Waals surface area contributed by atoms with Gasteiger partial charge in [0.25, 0.3) is 0 Å². The Bertz CT molecular complexity index is 1240. The second-order valence-electron chi connectivity index (χ2n) is 7.47. The molecule has 0 aliphatic rings. The van der Waals surface area contributed by atoms with E-state index in [2.05, 4.69) is 10.3 Å². The molecule has 0 saturated carbocycles. The maximum atomic E-state index is 13.1. The number of para-hydroxylation sites is 1. The van der Waals surface area contributed by atoms with Crippen molar-refractivity contribution < 1.29 is 9.53 Å². The number of carbonyl (C=O) groups excluding carboxylic acids is 1. The Morgan fingerprint density at radius 3 is 2.48 bits per heavy atom. The van der Waals surface area contributed by atoms with Gasteiger partial charge in [0.15, 0.2) is 5.65 Å². The summed E-state index contributed by atoms with van der Waals surface area (Å²) in [5.74, 6) is 0.540. The van der Waals surface area contributed by atoms with Crippen LogP contribution in [0.2, 0.25) is 0 Å².